The lowest BCUT2D eigenvalue weighted by Gasteiger charge is -2.48. The fourth-order valence-electron chi connectivity index (χ4n) is 5.80. The van der Waals surface area contributed by atoms with Crippen molar-refractivity contribution in [3.05, 3.63) is 69.3 Å². The van der Waals surface area contributed by atoms with Gasteiger partial charge >= 0.3 is 11.9 Å². The number of benzene rings is 2. The smallest absolute Gasteiger partial charge is 0.307 e. The number of nitrogens with zero attached hydrogens (tertiary/aromatic N) is 3. The molecule has 11 heteroatoms. The van der Waals surface area contributed by atoms with Crippen LogP contribution in [0.2, 0.25) is 0 Å². The molecule has 10 nitrogen and oxygen atoms in total. The summed E-state index contributed by atoms with van der Waals surface area (Å²) in [5.74, 6) is 0.0847. The van der Waals surface area contributed by atoms with Crippen molar-refractivity contribution in [3.8, 4) is 5.75 Å². The highest BCUT2D eigenvalue weighted by Gasteiger charge is 2.59. The topological polar surface area (TPSA) is 111 Å². The minimum atomic E-state index is -0.908. The molecular weight excluding hydrogens is 653 g/mol. The molecular formula is C31H38IN3O7. The highest BCUT2D eigenvalue weighted by Crippen LogP contribution is 2.55. The third kappa shape index (κ3) is 6.26. The van der Waals surface area contributed by atoms with Crippen LogP contribution >= 0.6 is 22.6 Å². The fraction of sp³-hybridized carbons (Fsp3) is 0.484. The molecule has 0 bridgehead atoms. The quantitative estimate of drug-likeness (QED) is 0.0867. The molecule has 1 unspecified atom stereocenters. The monoisotopic (exact) mass is 691 g/mol. The molecule has 0 N–H and O–H groups in total. The van der Waals surface area contributed by atoms with Gasteiger partial charge < -0.3 is 24.0 Å². The number of hydrogen-bond acceptors (Lipinski definition) is 9. The molecule has 0 aliphatic carbocycles. The van der Waals surface area contributed by atoms with Gasteiger partial charge in [-0.3, -0.25) is 19.7 Å². The molecule has 2 aromatic carbocycles. The van der Waals surface area contributed by atoms with Gasteiger partial charge in [0, 0.05) is 59.6 Å². The van der Waals surface area contributed by atoms with E-state index in [0.29, 0.717) is 55.1 Å². The number of rotatable bonds is 13. The zero-order chi connectivity index (χ0) is 30.5. The summed E-state index contributed by atoms with van der Waals surface area (Å²) in [4.78, 5) is 39.8. The average Bonchev–Trinajstić information content (AvgIpc) is 3.14. The molecule has 0 radical (unpaired) electrons. The highest BCUT2D eigenvalue weighted by molar-refractivity contribution is 14.1. The standard InChI is InChI=1S/C31H38IN3O7/c1-5-40-27(36)12-15-33(16-13-28(37)41-6-2)17-18-34-26-10-8-7-9-25(26)30(3,4)31(34)14-11-22-19-24(35(38)39)20-23(21-32)29(22)42-31/h7-11,14,19-20H,5-6,12-13,15-18,21H2,1-4H3. The predicted molar refractivity (Wildman–Crippen MR) is 169 cm³/mol. The molecule has 2 aromatic rings. The Morgan fingerprint density at radius 2 is 1.69 bits per heavy atom. The van der Waals surface area contributed by atoms with Gasteiger partial charge in [-0.05, 0) is 51.5 Å². The molecule has 42 heavy (non-hydrogen) atoms. The highest BCUT2D eigenvalue weighted by atomic mass is 127. The van der Waals surface area contributed by atoms with E-state index in [4.69, 9.17) is 14.2 Å². The lowest BCUT2D eigenvalue weighted by molar-refractivity contribution is -0.385. The van der Waals surface area contributed by atoms with Crippen molar-refractivity contribution in [2.45, 2.75) is 56.1 Å². The number of fused-ring (bicyclic) bond motifs is 2. The van der Waals surface area contributed by atoms with Crippen LogP contribution in [0.25, 0.3) is 6.08 Å². The first kappa shape index (κ1) is 31.7. The minimum Gasteiger partial charge on any atom is -0.466 e. The Kier molecular flexibility index (Phi) is 10.1. The number of nitro groups is 1. The van der Waals surface area contributed by atoms with Crippen LogP contribution in [-0.2, 0) is 28.9 Å². The van der Waals surface area contributed by atoms with Gasteiger partial charge in [-0.1, -0.05) is 40.8 Å². The van der Waals surface area contributed by atoms with Crippen LogP contribution in [0.15, 0.2) is 42.5 Å². The normalized spacial score (nSPS) is 18.0. The van der Waals surface area contributed by atoms with Gasteiger partial charge in [-0.2, -0.15) is 0 Å². The molecule has 226 valence electrons. The van der Waals surface area contributed by atoms with Crippen LogP contribution in [0.1, 0.15) is 57.2 Å². The van der Waals surface area contributed by atoms with E-state index < -0.39 is 11.1 Å². The number of non-ortho nitro benzene ring substituents is 1. The maximum atomic E-state index is 12.2. The van der Waals surface area contributed by atoms with Gasteiger partial charge in [0.15, 0.2) is 0 Å². The van der Waals surface area contributed by atoms with E-state index in [1.807, 2.05) is 24.3 Å². The SMILES string of the molecule is CCOC(=O)CCN(CCC(=O)OCC)CCN1c2ccccc2C(C)(C)C12C=Cc1cc([N+](=O)[O-])cc(CI)c1O2. The van der Waals surface area contributed by atoms with Crippen molar-refractivity contribution in [1.82, 2.24) is 4.90 Å². The largest absolute Gasteiger partial charge is 0.466 e. The lowest BCUT2D eigenvalue weighted by atomic mass is 9.76. The molecule has 2 heterocycles. The van der Waals surface area contributed by atoms with Crippen LogP contribution in [-0.4, -0.2) is 66.9 Å². The second-order valence-electron chi connectivity index (χ2n) is 10.8. The molecule has 1 atom stereocenters. The number of esters is 2. The number of anilines is 1. The number of para-hydroxylation sites is 1. The van der Waals surface area contributed by atoms with Crippen molar-refractivity contribution in [2.75, 3.05) is 44.3 Å². The van der Waals surface area contributed by atoms with E-state index in [2.05, 4.69) is 58.4 Å². The summed E-state index contributed by atoms with van der Waals surface area (Å²) in [5.41, 5.74) is 2.25. The van der Waals surface area contributed by atoms with Gasteiger partial charge in [-0.15, -0.1) is 0 Å². The van der Waals surface area contributed by atoms with Crippen LogP contribution in [0.3, 0.4) is 0 Å². The maximum Gasteiger partial charge on any atom is 0.307 e. The molecule has 0 amide bonds. The Balaban J connectivity index is 1.67. The second kappa shape index (κ2) is 13.4. The fourth-order valence-corrected chi connectivity index (χ4v) is 6.36. The summed E-state index contributed by atoms with van der Waals surface area (Å²) in [6.45, 7) is 10.4. The Morgan fingerprint density at radius 3 is 2.29 bits per heavy atom. The number of hydrogen-bond donors (Lipinski definition) is 0. The summed E-state index contributed by atoms with van der Waals surface area (Å²) in [5, 5.41) is 11.6. The van der Waals surface area contributed by atoms with E-state index in [1.165, 1.54) is 0 Å². The summed E-state index contributed by atoms with van der Waals surface area (Å²) < 4.78 is 17.8. The van der Waals surface area contributed by atoms with Crippen LogP contribution in [0.5, 0.6) is 5.75 Å². The first-order valence-electron chi connectivity index (χ1n) is 14.2. The summed E-state index contributed by atoms with van der Waals surface area (Å²) in [7, 11) is 0. The van der Waals surface area contributed by atoms with E-state index >= 15 is 0 Å². The average molecular weight is 692 g/mol. The second-order valence-corrected chi connectivity index (χ2v) is 11.6. The number of halogens is 1. The van der Waals surface area contributed by atoms with E-state index in [9.17, 15) is 19.7 Å². The number of nitro benzene ring substituents is 1. The Morgan fingerprint density at radius 1 is 1.05 bits per heavy atom. The Labute approximate surface area is 260 Å². The molecule has 0 saturated heterocycles. The molecule has 2 aliphatic heterocycles. The number of alkyl halides is 1. The van der Waals surface area contributed by atoms with Gasteiger partial charge in [0.1, 0.15) is 5.75 Å². The summed E-state index contributed by atoms with van der Waals surface area (Å²) >= 11 is 2.21. The Bertz CT molecular complexity index is 1340. The molecule has 2 aliphatic rings. The van der Waals surface area contributed by atoms with E-state index in [-0.39, 0.29) is 35.4 Å². The maximum absolute atomic E-state index is 12.2. The predicted octanol–water partition coefficient (Wildman–Crippen LogP) is 5.64. The lowest BCUT2D eigenvalue weighted by Crippen LogP contribution is -2.60. The zero-order valence-electron chi connectivity index (χ0n) is 24.6. The van der Waals surface area contributed by atoms with E-state index in [1.54, 1.807) is 26.0 Å². The van der Waals surface area contributed by atoms with Crippen LogP contribution < -0.4 is 9.64 Å². The van der Waals surface area contributed by atoms with Gasteiger partial charge in [-0.25, -0.2) is 0 Å². The van der Waals surface area contributed by atoms with Crippen molar-refractivity contribution < 1.29 is 28.7 Å². The van der Waals surface area contributed by atoms with E-state index in [0.717, 1.165) is 16.8 Å². The number of ether oxygens (including phenoxy) is 3. The van der Waals surface area contributed by atoms with Crippen molar-refractivity contribution >= 4 is 52.0 Å². The Hall–Kier alpha value is -3.19. The van der Waals surface area contributed by atoms with Crippen molar-refractivity contribution in [2.24, 2.45) is 0 Å². The number of carbonyl (C=O) groups is 2. The molecule has 1 spiro atoms. The number of carbonyl (C=O) groups excluding carboxylic acids is 2. The third-order valence-electron chi connectivity index (χ3n) is 7.96. The molecule has 0 saturated carbocycles. The van der Waals surface area contributed by atoms with Gasteiger partial charge in [0.25, 0.3) is 5.69 Å². The molecule has 4 rings (SSSR count). The van der Waals surface area contributed by atoms with Gasteiger partial charge in [0.05, 0.1) is 36.4 Å². The molecule has 0 aromatic heterocycles. The van der Waals surface area contributed by atoms with Gasteiger partial charge in [0.2, 0.25) is 5.72 Å². The minimum absolute atomic E-state index is 0.0364. The van der Waals surface area contributed by atoms with Crippen molar-refractivity contribution in [1.29, 1.82) is 0 Å². The van der Waals surface area contributed by atoms with Crippen LogP contribution in [0.4, 0.5) is 11.4 Å². The summed E-state index contributed by atoms with van der Waals surface area (Å²) in [6, 6.07) is 11.3. The third-order valence-corrected chi connectivity index (χ3v) is 8.78. The first-order valence-corrected chi connectivity index (χ1v) is 15.8. The zero-order valence-corrected chi connectivity index (χ0v) is 26.7. The first-order chi connectivity index (χ1) is 20.1. The molecule has 0 fully saturated rings. The van der Waals surface area contributed by atoms with Crippen molar-refractivity contribution in [3.63, 3.8) is 0 Å². The van der Waals surface area contributed by atoms with Crippen LogP contribution in [0, 0.1) is 10.1 Å². The summed E-state index contributed by atoms with van der Waals surface area (Å²) in [6.07, 6.45) is 4.37.